The molecular formula is C14H15NO4. The predicted molar refractivity (Wildman–Crippen MR) is 69.0 cm³/mol. The molecule has 0 amide bonds. The molecule has 0 saturated carbocycles. The van der Waals surface area contributed by atoms with Crippen LogP contribution in [0.15, 0.2) is 48.6 Å². The summed E-state index contributed by atoms with van der Waals surface area (Å²) in [5.74, 6) is -3.32. The fourth-order valence-electron chi connectivity index (χ4n) is 0.831. The summed E-state index contributed by atoms with van der Waals surface area (Å²) >= 11 is 0. The number of aliphatic carboxylic acids is 1. The Kier molecular flexibility index (Phi) is 8.13. The molecule has 1 aromatic rings. The second-order valence-corrected chi connectivity index (χ2v) is 3.55. The van der Waals surface area contributed by atoms with Gasteiger partial charge in [0.15, 0.2) is 5.92 Å². The molecule has 1 atom stereocenters. The minimum atomic E-state index is -1.32. The minimum absolute atomic E-state index is 0.169. The maximum atomic E-state index is 10.8. The van der Waals surface area contributed by atoms with Crippen LogP contribution in [0.5, 0.6) is 0 Å². The summed E-state index contributed by atoms with van der Waals surface area (Å²) in [6.45, 7) is 4.29. The van der Waals surface area contributed by atoms with Gasteiger partial charge in [-0.05, 0) is 6.92 Å². The molecule has 0 aliphatic heterocycles. The molecule has 1 unspecified atom stereocenters. The van der Waals surface area contributed by atoms with Crippen molar-refractivity contribution in [3.05, 3.63) is 48.6 Å². The van der Waals surface area contributed by atoms with Gasteiger partial charge in [0.2, 0.25) is 0 Å². The van der Waals surface area contributed by atoms with E-state index in [1.54, 1.807) is 0 Å². The molecule has 0 aliphatic carbocycles. The van der Waals surface area contributed by atoms with Crippen molar-refractivity contribution in [3.8, 4) is 6.07 Å². The Hall–Kier alpha value is -2.61. The number of carbonyl (C=O) groups is 2. The topological polar surface area (TPSA) is 87.4 Å². The van der Waals surface area contributed by atoms with Crippen molar-refractivity contribution in [1.29, 1.82) is 5.26 Å². The van der Waals surface area contributed by atoms with Crippen molar-refractivity contribution in [2.24, 2.45) is 5.92 Å². The average Bonchev–Trinajstić information content (AvgIpc) is 2.41. The largest absolute Gasteiger partial charge is 0.480 e. The summed E-state index contributed by atoms with van der Waals surface area (Å²) in [7, 11) is 0. The average molecular weight is 261 g/mol. The Bertz CT molecular complexity index is 435. The van der Waals surface area contributed by atoms with Gasteiger partial charge in [-0.25, -0.2) is 4.79 Å². The molecule has 5 heteroatoms. The van der Waals surface area contributed by atoms with Crippen molar-refractivity contribution in [2.45, 2.75) is 6.92 Å². The lowest BCUT2D eigenvalue weighted by molar-refractivity contribution is -0.146. The van der Waals surface area contributed by atoms with Crippen LogP contribution in [-0.4, -0.2) is 23.7 Å². The van der Waals surface area contributed by atoms with E-state index in [1.165, 1.54) is 13.0 Å². The quantitative estimate of drug-likeness (QED) is 0.661. The number of esters is 1. The van der Waals surface area contributed by atoms with Gasteiger partial charge in [0.25, 0.3) is 0 Å². The smallest absolute Gasteiger partial charge is 0.333 e. The lowest BCUT2D eigenvalue weighted by atomic mass is 10.2. The summed E-state index contributed by atoms with van der Waals surface area (Å²) in [5, 5.41) is 16.7. The molecule has 0 aromatic heterocycles. The highest BCUT2D eigenvalue weighted by molar-refractivity contribution is 5.87. The molecule has 1 rings (SSSR count). The second-order valence-electron chi connectivity index (χ2n) is 3.55. The first-order valence-electron chi connectivity index (χ1n) is 5.44. The summed E-state index contributed by atoms with van der Waals surface area (Å²) in [6.07, 6.45) is 0. The van der Waals surface area contributed by atoms with Crippen LogP contribution in [0.2, 0.25) is 0 Å². The van der Waals surface area contributed by atoms with Crippen LogP contribution in [0.3, 0.4) is 0 Å². The lowest BCUT2D eigenvalue weighted by Gasteiger charge is -2.05. The van der Waals surface area contributed by atoms with Gasteiger partial charge in [0.1, 0.15) is 6.61 Å². The van der Waals surface area contributed by atoms with Crippen molar-refractivity contribution in [1.82, 2.24) is 0 Å². The normalized spacial score (nSPS) is 10.1. The zero-order valence-corrected chi connectivity index (χ0v) is 10.6. The van der Waals surface area contributed by atoms with Gasteiger partial charge in [0, 0.05) is 5.57 Å². The Morgan fingerprint density at radius 2 is 1.68 bits per heavy atom. The van der Waals surface area contributed by atoms with E-state index in [0.29, 0.717) is 0 Å². The third-order valence-corrected chi connectivity index (χ3v) is 1.85. The predicted octanol–water partition coefficient (Wildman–Crippen LogP) is 2.02. The fourth-order valence-corrected chi connectivity index (χ4v) is 0.831. The first-order valence-corrected chi connectivity index (χ1v) is 5.44. The third kappa shape index (κ3) is 8.16. The molecule has 1 aromatic carbocycles. The van der Waals surface area contributed by atoms with Gasteiger partial charge < -0.3 is 9.84 Å². The summed E-state index contributed by atoms with van der Waals surface area (Å²) < 4.78 is 4.48. The van der Waals surface area contributed by atoms with Crippen LogP contribution < -0.4 is 0 Å². The van der Waals surface area contributed by atoms with Gasteiger partial charge in [-0.15, -0.1) is 0 Å². The van der Waals surface area contributed by atoms with Crippen molar-refractivity contribution < 1.29 is 19.4 Å². The standard InChI is InChI=1S/C8H9NO4.C6H6/c1-5(2)8(12)13-4-6(3-9)7(10)11;1-2-4-6-5-3-1/h6H,1,4H2,2H3,(H,10,11);1-6H. The maximum absolute atomic E-state index is 10.8. The van der Waals surface area contributed by atoms with Crippen LogP contribution in [-0.2, 0) is 14.3 Å². The minimum Gasteiger partial charge on any atom is -0.480 e. The van der Waals surface area contributed by atoms with E-state index in [-0.39, 0.29) is 5.57 Å². The van der Waals surface area contributed by atoms with E-state index in [4.69, 9.17) is 10.4 Å². The second kappa shape index (κ2) is 9.42. The van der Waals surface area contributed by atoms with Crippen LogP contribution in [0.25, 0.3) is 0 Å². The van der Waals surface area contributed by atoms with Gasteiger partial charge in [-0.2, -0.15) is 5.26 Å². The molecule has 0 aliphatic rings. The molecule has 19 heavy (non-hydrogen) atoms. The summed E-state index contributed by atoms with van der Waals surface area (Å²) in [4.78, 5) is 21.0. The number of rotatable bonds is 4. The highest BCUT2D eigenvalue weighted by Gasteiger charge is 2.18. The third-order valence-electron chi connectivity index (χ3n) is 1.85. The molecule has 0 heterocycles. The molecule has 0 saturated heterocycles. The van der Waals surface area contributed by atoms with Crippen LogP contribution in [0, 0.1) is 17.2 Å². The van der Waals surface area contributed by atoms with Gasteiger partial charge >= 0.3 is 11.9 Å². The number of carboxylic acid groups (broad SMARTS) is 1. The Labute approximate surface area is 111 Å². The molecule has 0 bridgehead atoms. The number of hydrogen-bond donors (Lipinski definition) is 1. The lowest BCUT2D eigenvalue weighted by Crippen LogP contribution is -2.20. The Morgan fingerprint density at radius 1 is 1.26 bits per heavy atom. The van der Waals surface area contributed by atoms with E-state index in [9.17, 15) is 9.59 Å². The fraction of sp³-hybridized carbons (Fsp3) is 0.214. The van der Waals surface area contributed by atoms with Crippen LogP contribution in [0.1, 0.15) is 6.92 Å². The molecule has 1 N–H and O–H groups in total. The Balaban J connectivity index is 0.000000443. The first-order chi connectivity index (χ1) is 8.99. The number of benzene rings is 1. The number of nitrogens with zero attached hydrogens (tertiary/aromatic N) is 1. The van der Waals surface area contributed by atoms with Gasteiger partial charge in [0.05, 0.1) is 6.07 Å². The molecule has 5 nitrogen and oxygen atoms in total. The highest BCUT2D eigenvalue weighted by Crippen LogP contribution is 1.99. The van der Waals surface area contributed by atoms with Crippen molar-refractivity contribution in [3.63, 3.8) is 0 Å². The van der Waals surface area contributed by atoms with Crippen LogP contribution >= 0.6 is 0 Å². The van der Waals surface area contributed by atoms with E-state index in [0.717, 1.165) is 0 Å². The molecule has 0 spiro atoms. The van der Waals surface area contributed by atoms with Crippen LogP contribution in [0.4, 0.5) is 0 Å². The first kappa shape index (κ1) is 16.4. The van der Waals surface area contributed by atoms with Crippen molar-refractivity contribution >= 4 is 11.9 Å². The number of ether oxygens (including phenoxy) is 1. The van der Waals surface area contributed by atoms with Gasteiger partial charge in [-0.3, -0.25) is 4.79 Å². The number of nitriles is 1. The molecule has 0 radical (unpaired) electrons. The molecule has 100 valence electrons. The van der Waals surface area contributed by atoms with Crippen molar-refractivity contribution in [2.75, 3.05) is 6.61 Å². The highest BCUT2D eigenvalue weighted by atomic mass is 16.5. The zero-order valence-electron chi connectivity index (χ0n) is 10.6. The van der Waals surface area contributed by atoms with Gasteiger partial charge in [-0.1, -0.05) is 43.0 Å². The monoisotopic (exact) mass is 261 g/mol. The molecule has 0 fully saturated rings. The SMILES string of the molecule is C=C(C)C(=O)OCC(C#N)C(=O)O.c1ccccc1. The number of hydrogen-bond acceptors (Lipinski definition) is 4. The maximum Gasteiger partial charge on any atom is 0.333 e. The van der Waals surface area contributed by atoms with E-state index in [2.05, 4.69) is 11.3 Å². The summed E-state index contributed by atoms with van der Waals surface area (Å²) in [6, 6.07) is 13.5. The zero-order chi connectivity index (χ0) is 14.7. The number of carbonyl (C=O) groups excluding carboxylic acids is 1. The van der Waals surface area contributed by atoms with E-state index >= 15 is 0 Å². The Morgan fingerprint density at radius 3 is 1.95 bits per heavy atom. The number of carboxylic acids is 1. The van der Waals surface area contributed by atoms with E-state index in [1.807, 2.05) is 36.4 Å². The van der Waals surface area contributed by atoms with E-state index < -0.39 is 24.5 Å². The molecular weight excluding hydrogens is 246 g/mol. The summed E-state index contributed by atoms with van der Waals surface area (Å²) in [5.41, 5.74) is 0.169.